The number of ketones is 5. The summed E-state index contributed by atoms with van der Waals surface area (Å²) < 4.78 is 12.5. The lowest BCUT2D eigenvalue weighted by atomic mass is 10.0. The van der Waals surface area contributed by atoms with Gasteiger partial charge in [-0.2, -0.15) is 0 Å². The maximum absolute atomic E-state index is 13.8. The number of hydrogen-bond acceptors (Lipinski definition) is 16. The van der Waals surface area contributed by atoms with E-state index in [4.69, 9.17) is 0 Å². The Hall–Kier alpha value is -12.2. The molecule has 0 unspecified atom stereocenters. The minimum atomic E-state index is -1.10. The number of carbonyl (C=O) groups excluding carboxylic acids is 11. The van der Waals surface area contributed by atoms with Crippen molar-refractivity contribution in [3.63, 3.8) is 0 Å². The smallest absolute Gasteiger partial charge is 0.335 e. The number of carboxylic acids is 1. The number of aromatic nitrogens is 11. The van der Waals surface area contributed by atoms with Gasteiger partial charge in [-0.25, -0.2) is 19.7 Å². The number of carbonyl (C=O) groups is 12. The predicted octanol–water partition coefficient (Wildman–Crippen LogP) is 4.85. The summed E-state index contributed by atoms with van der Waals surface area (Å²) in [6.07, 6.45) is 16.4. The SMILES string of the molecule is CC(=O)N[C@H](CCNC(=O)c1cc(NC(=O)c2cc(NC(=O)c3nc(NC(=O)c4nccn4C)cn3C)cn2C)cn1C)C(=O)Cc1cn(C)c(C(=O)Cc2cc(C(=O)Cc3cc(C(=O)Cc4cc(C(=O)CCCCN(C)CCCNC(=O)c5cccc(C(=O)O)c5)n(C)c4)n(C)c3)n(C)c2)n1. The molecular weight excluding hydrogens is 1310 g/mol. The van der Waals surface area contributed by atoms with Crippen molar-refractivity contribution in [2.75, 3.05) is 49.2 Å². The first-order valence-corrected chi connectivity index (χ1v) is 32.7. The van der Waals surface area contributed by atoms with Crippen LogP contribution in [0.3, 0.4) is 0 Å². The van der Waals surface area contributed by atoms with Crippen LogP contribution in [0.25, 0.3) is 0 Å². The highest BCUT2D eigenvalue weighted by atomic mass is 16.4. The molecule has 0 fully saturated rings. The molecule has 1 atom stereocenters. The third-order valence-corrected chi connectivity index (χ3v) is 17.1. The van der Waals surface area contributed by atoms with E-state index >= 15 is 0 Å². The lowest BCUT2D eigenvalue weighted by Crippen LogP contribution is -2.43. The Morgan fingerprint density at radius 2 is 1.01 bits per heavy atom. The molecule has 0 aliphatic rings. The van der Waals surface area contributed by atoms with Crippen molar-refractivity contribution >= 4 is 87.5 Å². The van der Waals surface area contributed by atoms with Gasteiger partial charge in [-0.1, -0.05) is 6.07 Å². The average molecular weight is 1400 g/mol. The second kappa shape index (κ2) is 32.7. The molecule has 9 rings (SSSR count). The molecule has 31 heteroatoms. The third-order valence-electron chi connectivity index (χ3n) is 17.1. The Balaban J connectivity index is 0.697. The van der Waals surface area contributed by atoms with Gasteiger partial charge < -0.3 is 78.4 Å². The van der Waals surface area contributed by atoms with Crippen molar-refractivity contribution in [3.8, 4) is 0 Å². The standard InChI is InChI=1S/C71H82N18O13/c1-42(90)75-51(18-20-74-67(97)55-32-48(38-86(55)7)77-68(98)56-33-49(39-87(56)8)78-70(100)65-79-62(41-89(65)10)80-69(99)64-72-21-24-82(64)3)58(92)34-50-40-88(9)63(76-50)61(95)30-45-27-54(85(6)37-45)60(94)29-44-26-53(84(5)36-44)59(93)28-43-25-52(83(4)35-43)57(91)17-11-12-22-81(2)23-14-19-73-66(96)46-15-13-16-47(31-46)71(101)102/h13,15-16,21,24-27,31-33,35-41,51H,11-12,14,17-20,22-23,28-30,34H2,1-10H3,(H,73,96)(H,74,97)(H,75,90)(H,77,98)(H,78,100)(H,80,99)(H,101,102)/t51-/m1/s1. The molecule has 102 heavy (non-hydrogen) atoms. The van der Waals surface area contributed by atoms with Crippen LogP contribution in [0.4, 0.5) is 17.2 Å². The first kappa shape index (κ1) is 74.1. The number of benzene rings is 1. The molecule has 0 saturated heterocycles. The molecule has 8 heterocycles. The number of amides is 6. The number of unbranched alkanes of at least 4 members (excludes halogenated alkanes) is 1. The number of nitrogens with zero attached hydrogens (tertiary/aromatic N) is 12. The van der Waals surface area contributed by atoms with Crippen molar-refractivity contribution < 1.29 is 62.6 Å². The lowest BCUT2D eigenvalue weighted by Gasteiger charge is -2.16. The summed E-state index contributed by atoms with van der Waals surface area (Å²) in [5.74, 6) is -5.11. The minimum Gasteiger partial charge on any atom is -0.478 e. The molecule has 0 bridgehead atoms. The molecular formula is C71H82N18O13. The van der Waals surface area contributed by atoms with Crippen LogP contribution in [-0.4, -0.2) is 171 Å². The first-order valence-electron chi connectivity index (χ1n) is 32.7. The molecule has 534 valence electrons. The summed E-state index contributed by atoms with van der Waals surface area (Å²) in [6, 6.07) is 12.8. The Labute approximate surface area is 586 Å². The van der Waals surface area contributed by atoms with Crippen molar-refractivity contribution in [2.24, 2.45) is 56.4 Å². The van der Waals surface area contributed by atoms with E-state index < -0.39 is 47.3 Å². The molecule has 1 aromatic carbocycles. The topological polar surface area (TPSA) is 379 Å². The van der Waals surface area contributed by atoms with Crippen molar-refractivity contribution in [1.29, 1.82) is 0 Å². The fraction of sp³-hybridized carbons (Fsp3) is 0.338. The summed E-state index contributed by atoms with van der Waals surface area (Å²) in [5.41, 5.74) is 4.54. The first-order chi connectivity index (χ1) is 48.5. The average Bonchev–Trinajstić information content (AvgIpc) is 1.68. The van der Waals surface area contributed by atoms with Crippen molar-refractivity contribution in [2.45, 2.75) is 70.8 Å². The van der Waals surface area contributed by atoms with Crippen LogP contribution in [0, 0.1) is 0 Å². The molecule has 0 aliphatic carbocycles. The van der Waals surface area contributed by atoms with Crippen LogP contribution in [0.5, 0.6) is 0 Å². The van der Waals surface area contributed by atoms with Gasteiger partial charge in [0.1, 0.15) is 11.4 Å². The van der Waals surface area contributed by atoms with Crippen molar-refractivity contribution in [1.82, 2.24) is 72.3 Å². The number of nitrogens with one attached hydrogen (secondary N) is 6. The molecule has 6 amide bonds. The van der Waals surface area contributed by atoms with Gasteiger partial charge in [-0.15, -0.1) is 0 Å². The molecule has 7 N–H and O–H groups in total. The van der Waals surface area contributed by atoms with Crippen LogP contribution in [0.2, 0.25) is 0 Å². The lowest BCUT2D eigenvalue weighted by molar-refractivity contribution is -0.126. The normalized spacial score (nSPS) is 11.5. The van der Waals surface area contributed by atoms with E-state index in [1.54, 1.807) is 125 Å². The van der Waals surface area contributed by atoms with E-state index in [0.717, 1.165) is 13.0 Å². The summed E-state index contributed by atoms with van der Waals surface area (Å²) >= 11 is 0. The quantitative estimate of drug-likeness (QED) is 0.0206. The van der Waals surface area contributed by atoms with Gasteiger partial charge in [0.15, 0.2) is 40.6 Å². The van der Waals surface area contributed by atoms with Gasteiger partial charge in [0.05, 0.1) is 52.2 Å². The molecule has 0 spiro atoms. The molecule has 9 aromatic rings. The number of anilines is 3. The maximum atomic E-state index is 13.8. The fourth-order valence-electron chi connectivity index (χ4n) is 11.9. The Morgan fingerprint density at radius 1 is 0.480 bits per heavy atom. The number of hydrogen-bond donors (Lipinski definition) is 7. The second-order valence-corrected chi connectivity index (χ2v) is 25.4. The van der Waals surface area contributed by atoms with Gasteiger partial charge in [0, 0.05) is 163 Å². The monoisotopic (exact) mass is 1390 g/mol. The zero-order valence-corrected chi connectivity index (χ0v) is 58.4. The van der Waals surface area contributed by atoms with Gasteiger partial charge in [-0.05, 0) is 111 Å². The fourth-order valence-corrected chi connectivity index (χ4v) is 11.9. The largest absolute Gasteiger partial charge is 0.478 e. The highest BCUT2D eigenvalue weighted by molar-refractivity contribution is 6.08. The molecule has 0 aliphatic heterocycles. The van der Waals surface area contributed by atoms with Gasteiger partial charge in [0.2, 0.25) is 17.5 Å². The summed E-state index contributed by atoms with van der Waals surface area (Å²) in [4.78, 5) is 172. The van der Waals surface area contributed by atoms with E-state index in [2.05, 4.69) is 51.8 Å². The van der Waals surface area contributed by atoms with Crippen LogP contribution < -0.4 is 31.9 Å². The van der Waals surface area contributed by atoms with Gasteiger partial charge in [-0.3, -0.25) is 52.7 Å². The summed E-state index contributed by atoms with van der Waals surface area (Å²) in [5, 5.41) is 25.5. The third kappa shape index (κ3) is 18.8. The van der Waals surface area contributed by atoms with Gasteiger partial charge in [0.25, 0.3) is 29.5 Å². The van der Waals surface area contributed by atoms with E-state index in [-0.39, 0.29) is 131 Å². The molecule has 0 saturated carbocycles. The molecule has 31 nitrogen and oxygen atoms in total. The van der Waals surface area contributed by atoms with Crippen LogP contribution in [0.15, 0.2) is 110 Å². The summed E-state index contributed by atoms with van der Waals surface area (Å²) in [6.45, 7) is 3.10. The van der Waals surface area contributed by atoms with E-state index in [9.17, 15) is 62.6 Å². The second-order valence-electron chi connectivity index (χ2n) is 25.4. The van der Waals surface area contributed by atoms with Gasteiger partial charge >= 0.3 is 5.97 Å². The Morgan fingerprint density at radius 3 is 1.60 bits per heavy atom. The van der Waals surface area contributed by atoms with Crippen LogP contribution in [0.1, 0.15) is 166 Å². The number of imidazole rings is 3. The zero-order valence-electron chi connectivity index (χ0n) is 58.4. The maximum Gasteiger partial charge on any atom is 0.335 e. The summed E-state index contributed by atoms with van der Waals surface area (Å²) in [7, 11) is 15.2. The highest BCUT2D eigenvalue weighted by Gasteiger charge is 2.27. The zero-order chi connectivity index (χ0) is 73.8. The Kier molecular flexibility index (Phi) is 23.7. The number of Topliss-reactive ketones (excluding diaryl/α,β-unsaturated/α-hetero) is 5. The van der Waals surface area contributed by atoms with E-state index in [1.807, 2.05) is 7.05 Å². The minimum absolute atomic E-state index is 0.00239. The van der Waals surface area contributed by atoms with Crippen LogP contribution >= 0.6 is 0 Å². The number of carboxylic acid groups (broad SMARTS) is 1. The number of aryl methyl sites for hydroxylation is 8. The van der Waals surface area contributed by atoms with E-state index in [1.165, 1.54) is 84.9 Å². The van der Waals surface area contributed by atoms with Crippen molar-refractivity contribution in [3.05, 3.63) is 190 Å². The van der Waals surface area contributed by atoms with Crippen LogP contribution in [-0.2, 0) is 91.7 Å². The number of rotatable bonds is 35. The number of aromatic carboxylic acids is 1. The molecule has 8 aromatic heterocycles. The van der Waals surface area contributed by atoms with E-state index in [0.29, 0.717) is 66.1 Å². The predicted molar refractivity (Wildman–Crippen MR) is 374 cm³/mol. The molecule has 0 radical (unpaired) electrons. The highest BCUT2D eigenvalue weighted by Crippen LogP contribution is 2.23. The Bertz CT molecular complexity index is 4730.